The second-order valence-electron chi connectivity index (χ2n) is 12.8. The Morgan fingerprint density at radius 2 is 1.53 bits per heavy atom. The van der Waals surface area contributed by atoms with E-state index in [9.17, 15) is 14.6 Å². The maximum Gasteiger partial charge on any atom is 0.472 e. The first-order chi connectivity index (χ1) is 23.7. The van der Waals surface area contributed by atoms with Crippen LogP contribution < -0.4 is 5.73 Å². The lowest BCUT2D eigenvalue weighted by atomic mass is 10.1. The van der Waals surface area contributed by atoms with Gasteiger partial charge in [-0.3, -0.25) is 13.6 Å². The summed E-state index contributed by atoms with van der Waals surface area (Å²) >= 11 is 5.91. The van der Waals surface area contributed by atoms with Crippen molar-refractivity contribution in [3.63, 3.8) is 0 Å². The molecule has 16 heteroatoms. The van der Waals surface area contributed by atoms with Crippen molar-refractivity contribution in [1.29, 1.82) is 0 Å². The molecule has 0 bridgehead atoms. The molecule has 3 heterocycles. The average Bonchev–Trinajstić information content (AvgIpc) is 3.62. The summed E-state index contributed by atoms with van der Waals surface area (Å²) in [6, 6.07) is 0. The number of nitrogen functional groups attached to an aromatic ring is 1. The first-order valence-corrected chi connectivity index (χ1v) is 20.0. The number of nitrogens with two attached hydrogens (primary N) is 1. The normalized spacial score (nSPS) is 21.4. The zero-order chi connectivity index (χ0) is 35.5. The monoisotopic (exact) mass is 737 g/mol. The number of hydrogen-bond acceptors (Lipinski definition) is 11. The lowest BCUT2D eigenvalue weighted by Gasteiger charge is -2.21. The molecule has 13 nitrogen and oxygen atoms in total. The maximum absolute atomic E-state index is 15.2. The van der Waals surface area contributed by atoms with Crippen LogP contribution in [0.4, 0.5) is 10.2 Å². The summed E-state index contributed by atoms with van der Waals surface area (Å²) in [6.07, 6.45) is 13.2. The number of alkyl halides is 1. The SMILES string of the molecule is CCCCCCCCCCOCC(COP(=O)(O)OC[C@H]1O[C@@H](n2cnc3c(N)nc(Cl)nc32)[C@@H](F)[C@@H]1O)OCCCCCCCCCC. The molecule has 1 aliphatic heterocycles. The molecular formula is C33H58ClFN5O8P. The second kappa shape index (κ2) is 23.2. The molecule has 0 aliphatic carbocycles. The third-order valence-corrected chi connectivity index (χ3v) is 9.73. The standard InChI is InChI=1S/C33H58ClFN5O8P/c1-3-5-7-9-11-13-15-17-19-44-21-25(45-20-18-16-14-12-10-8-6-4-2)22-46-49(42,43)47-23-26-29(41)27(35)32(48-26)40-24-37-28-30(36)38-33(34)39-31(28)40/h24-27,29,32,41H,3-23H2,1-2H3,(H,42,43)(H2,36,38,39)/t25?,26-,27+,29-,32-/m1/s1. The number of hydrogen-bond donors (Lipinski definition) is 3. The Kier molecular flexibility index (Phi) is 19.8. The fraction of sp³-hybridized carbons (Fsp3) is 0.848. The molecule has 2 aromatic rings. The topological polar surface area (TPSA) is 173 Å². The summed E-state index contributed by atoms with van der Waals surface area (Å²) in [5, 5.41) is 10.3. The van der Waals surface area contributed by atoms with Crippen molar-refractivity contribution in [2.24, 2.45) is 0 Å². The molecule has 3 rings (SSSR count). The van der Waals surface area contributed by atoms with E-state index in [0.29, 0.717) is 13.2 Å². The van der Waals surface area contributed by atoms with Gasteiger partial charge in [0.15, 0.2) is 23.9 Å². The molecule has 1 saturated heterocycles. The Morgan fingerprint density at radius 3 is 2.16 bits per heavy atom. The van der Waals surface area contributed by atoms with Gasteiger partial charge < -0.3 is 29.9 Å². The highest BCUT2D eigenvalue weighted by Crippen LogP contribution is 2.45. The van der Waals surface area contributed by atoms with Crippen molar-refractivity contribution in [2.75, 3.05) is 38.8 Å². The van der Waals surface area contributed by atoms with Crippen LogP contribution in [0.2, 0.25) is 5.28 Å². The number of fused-ring (bicyclic) bond motifs is 1. The molecule has 6 atom stereocenters. The Bertz CT molecular complexity index is 1250. The summed E-state index contributed by atoms with van der Waals surface area (Å²) in [5.74, 6) is -0.000362. The summed E-state index contributed by atoms with van der Waals surface area (Å²) in [7, 11) is -4.63. The Labute approximate surface area is 295 Å². The number of nitrogens with zero attached hydrogens (tertiary/aromatic N) is 4. The van der Waals surface area contributed by atoms with Gasteiger partial charge in [-0.25, -0.2) is 13.9 Å². The summed E-state index contributed by atoms with van der Waals surface area (Å²) in [4.78, 5) is 22.4. The van der Waals surface area contributed by atoms with Gasteiger partial charge in [-0.05, 0) is 24.4 Å². The van der Waals surface area contributed by atoms with Crippen LogP contribution in [0.15, 0.2) is 6.33 Å². The predicted octanol–water partition coefficient (Wildman–Crippen LogP) is 7.48. The largest absolute Gasteiger partial charge is 0.472 e. The van der Waals surface area contributed by atoms with Gasteiger partial charge in [0.05, 0.1) is 26.1 Å². The number of unbranched alkanes of at least 4 members (excludes halogenated alkanes) is 14. The third-order valence-electron chi connectivity index (χ3n) is 8.61. The van der Waals surface area contributed by atoms with Crippen molar-refractivity contribution in [2.45, 2.75) is 147 Å². The van der Waals surface area contributed by atoms with Gasteiger partial charge in [0.1, 0.15) is 23.8 Å². The van der Waals surface area contributed by atoms with Gasteiger partial charge in [-0.1, -0.05) is 104 Å². The molecule has 0 aromatic carbocycles. The first kappa shape index (κ1) is 41.9. The van der Waals surface area contributed by atoms with Crippen LogP contribution in [0.25, 0.3) is 11.2 Å². The van der Waals surface area contributed by atoms with E-state index in [1.54, 1.807) is 0 Å². The smallest absolute Gasteiger partial charge is 0.387 e. The van der Waals surface area contributed by atoms with Crippen molar-refractivity contribution in [1.82, 2.24) is 19.5 Å². The van der Waals surface area contributed by atoms with Gasteiger partial charge >= 0.3 is 7.82 Å². The van der Waals surface area contributed by atoms with Gasteiger partial charge in [-0.2, -0.15) is 9.97 Å². The molecule has 1 fully saturated rings. The lowest BCUT2D eigenvalue weighted by Crippen LogP contribution is -2.31. The number of aromatic nitrogens is 4. The number of halogens is 2. The van der Waals surface area contributed by atoms with Crippen molar-refractivity contribution < 1.29 is 42.2 Å². The fourth-order valence-electron chi connectivity index (χ4n) is 5.73. The minimum absolute atomic E-state index is 0.000362. The van der Waals surface area contributed by atoms with Crippen LogP contribution in [0.5, 0.6) is 0 Å². The van der Waals surface area contributed by atoms with E-state index >= 15 is 4.39 Å². The van der Waals surface area contributed by atoms with Gasteiger partial charge in [-0.15, -0.1) is 0 Å². The van der Waals surface area contributed by atoms with Gasteiger partial charge in [0, 0.05) is 13.2 Å². The van der Waals surface area contributed by atoms with Crippen LogP contribution in [0.3, 0.4) is 0 Å². The van der Waals surface area contributed by atoms with E-state index in [4.69, 9.17) is 40.6 Å². The van der Waals surface area contributed by atoms with Crippen LogP contribution in [-0.2, 0) is 27.8 Å². The maximum atomic E-state index is 15.2. The highest BCUT2D eigenvalue weighted by atomic mass is 35.5. The number of ether oxygens (including phenoxy) is 3. The molecule has 0 amide bonds. The Morgan fingerprint density at radius 1 is 0.939 bits per heavy atom. The van der Waals surface area contributed by atoms with Crippen LogP contribution >= 0.6 is 19.4 Å². The van der Waals surface area contributed by atoms with E-state index in [2.05, 4.69) is 28.8 Å². The number of rotatable bonds is 28. The third kappa shape index (κ3) is 15.0. The highest BCUT2D eigenvalue weighted by Gasteiger charge is 2.47. The zero-order valence-electron chi connectivity index (χ0n) is 29.2. The number of phosphoric acid groups is 1. The fourth-order valence-corrected chi connectivity index (χ4v) is 6.66. The highest BCUT2D eigenvalue weighted by molar-refractivity contribution is 7.47. The van der Waals surface area contributed by atoms with Crippen LogP contribution in [0, 0.1) is 0 Å². The molecule has 0 spiro atoms. The summed E-state index contributed by atoms with van der Waals surface area (Å²) in [5.41, 5.74) is 6.12. The molecule has 4 N–H and O–H groups in total. The molecular weight excluding hydrogens is 680 g/mol. The van der Waals surface area contributed by atoms with Gasteiger partial charge in [0.2, 0.25) is 5.28 Å². The first-order valence-electron chi connectivity index (χ1n) is 18.1. The quantitative estimate of drug-likeness (QED) is 0.0447. The lowest BCUT2D eigenvalue weighted by molar-refractivity contribution is -0.0569. The van der Waals surface area contributed by atoms with E-state index in [1.165, 1.54) is 81.5 Å². The number of imidazole rings is 1. The average molecular weight is 738 g/mol. The van der Waals surface area contributed by atoms with Crippen LogP contribution in [-0.4, -0.2) is 87.0 Å². The van der Waals surface area contributed by atoms with Crippen molar-refractivity contribution >= 4 is 36.4 Å². The number of aliphatic hydroxyl groups is 1. The molecule has 2 unspecified atom stereocenters. The van der Waals surface area contributed by atoms with E-state index in [-0.39, 0.29) is 35.5 Å². The molecule has 282 valence electrons. The zero-order valence-corrected chi connectivity index (χ0v) is 30.9. The number of aliphatic hydroxyl groups excluding tert-OH is 1. The minimum atomic E-state index is -4.63. The summed E-state index contributed by atoms with van der Waals surface area (Å²) < 4.78 is 57.1. The number of anilines is 1. The van der Waals surface area contributed by atoms with Gasteiger partial charge in [0.25, 0.3) is 0 Å². The summed E-state index contributed by atoms with van der Waals surface area (Å²) in [6.45, 7) is 4.82. The predicted molar refractivity (Wildman–Crippen MR) is 187 cm³/mol. The molecule has 0 radical (unpaired) electrons. The van der Waals surface area contributed by atoms with Crippen molar-refractivity contribution in [3.05, 3.63) is 11.6 Å². The molecule has 49 heavy (non-hydrogen) atoms. The minimum Gasteiger partial charge on any atom is -0.387 e. The molecule has 2 aromatic heterocycles. The number of phosphoric ester groups is 1. The molecule has 1 aliphatic rings. The Balaban J connectivity index is 1.44. The second-order valence-corrected chi connectivity index (χ2v) is 14.6. The Hall–Kier alpha value is -1.48. The van der Waals surface area contributed by atoms with Crippen LogP contribution in [0.1, 0.15) is 123 Å². The van der Waals surface area contributed by atoms with Crippen molar-refractivity contribution in [3.8, 4) is 0 Å². The van der Waals surface area contributed by atoms with E-state index < -0.39 is 45.1 Å². The van der Waals surface area contributed by atoms with E-state index in [0.717, 1.165) is 32.1 Å². The van der Waals surface area contributed by atoms with E-state index in [1.807, 2.05) is 0 Å². The molecule has 0 saturated carbocycles.